The fraction of sp³-hybridized carbons (Fsp3) is 0.571. The Morgan fingerprint density at radius 2 is 1.83 bits per heavy atom. The van der Waals surface area contributed by atoms with Crippen LogP contribution in [0.5, 0.6) is 5.75 Å². The van der Waals surface area contributed by atoms with Crippen molar-refractivity contribution in [3.63, 3.8) is 0 Å². The summed E-state index contributed by atoms with van der Waals surface area (Å²) in [4.78, 5) is 37.5. The number of benzene rings is 1. The summed E-state index contributed by atoms with van der Waals surface area (Å²) >= 11 is 5.58. The fourth-order valence-electron chi connectivity index (χ4n) is 4.22. The Hall–Kier alpha value is -2.80. The SMILES string of the molecule is O=C(COc1ccc(Cl)c(F)c1)N[C@H]1CC[C@H](C(=O)NC2CCC(OC(F)(F)F)C2)N(C(=O)O)C1. The molecule has 0 radical (unpaired) electrons. The molecule has 0 bridgehead atoms. The number of hydrogen-bond donors (Lipinski definition) is 3. The highest BCUT2D eigenvalue weighted by Crippen LogP contribution is 2.29. The van der Waals surface area contributed by atoms with Crippen molar-refractivity contribution in [1.29, 1.82) is 0 Å². The topological polar surface area (TPSA) is 117 Å². The van der Waals surface area contributed by atoms with Crippen LogP contribution < -0.4 is 15.4 Å². The summed E-state index contributed by atoms with van der Waals surface area (Å²) in [5.41, 5.74) is 0. The average molecular weight is 526 g/mol. The van der Waals surface area contributed by atoms with Crippen LogP contribution in [0.1, 0.15) is 32.1 Å². The smallest absolute Gasteiger partial charge is 0.484 e. The van der Waals surface area contributed by atoms with Crippen LogP contribution in [-0.4, -0.2) is 71.7 Å². The van der Waals surface area contributed by atoms with Gasteiger partial charge in [0.15, 0.2) is 6.61 Å². The number of alkyl halides is 3. The first kappa shape index (κ1) is 26.8. The van der Waals surface area contributed by atoms with Gasteiger partial charge in [-0.1, -0.05) is 11.6 Å². The van der Waals surface area contributed by atoms with Crippen LogP contribution in [-0.2, 0) is 14.3 Å². The quantitative estimate of drug-likeness (QED) is 0.471. The zero-order chi connectivity index (χ0) is 25.8. The van der Waals surface area contributed by atoms with E-state index in [4.69, 9.17) is 16.3 Å². The molecule has 1 aromatic carbocycles. The van der Waals surface area contributed by atoms with Gasteiger partial charge in [-0.2, -0.15) is 0 Å². The zero-order valence-electron chi connectivity index (χ0n) is 18.3. The van der Waals surface area contributed by atoms with Crippen molar-refractivity contribution in [2.45, 2.75) is 62.7 Å². The molecule has 1 aromatic rings. The molecule has 9 nitrogen and oxygen atoms in total. The van der Waals surface area contributed by atoms with Crippen molar-refractivity contribution in [3.8, 4) is 5.75 Å². The van der Waals surface area contributed by atoms with Gasteiger partial charge >= 0.3 is 12.5 Å². The Kier molecular flexibility index (Phi) is 8.65. The van der Waals surface area contributed by atoms with Crippen LogP contribution in [0.4, 0.5) is 22.4 Å². The molecule has 14 heteroatoms. The van der Waals surface area contributed by atoms with Gasteiger partial charge in [-0.15, -0.1) is 13.2 Å². The van der Waals surface area contributed by atoms with E-state index in [1.54, 1.807) is 0 Å². The fourth-order valence-corrected chi connectivity index (χ4v) is 4.34. The third-order valence-electron chi connectivity index (χ3n) is 5.79. The number of hydrogen-bond acceptors (Lipinski definition) is 5. The molecule has 3 N–H and O–H groups in total. The molecule has 194 valence electrons. The number of likely N-dealkylation sites (tertiary alicyclic amines) is 1. The van der Waals surface area contributed by atoms with Gasteiger partial charge < -0.3 is 20.5 Å². The van der Waals surface area contributed by atoms with E-state index in [9.17, 15) is 37.1 Å². The zero-order valence-corrected chi connectivity index (χ0v) is 19.1. The van der Waals surface area contributed by atoms with Crippen molar-refractivity contribution in [2.75, 3.05) is 13.2 Å². The van der Waals surface area contributed by atoms with Gasteiger partial charge in [-0.05, 0) is 44.2 Å². The number of halogens is 5. The number of ether oxygens (including phenoxy) is 2. The Balaban J connectivity index is 1.48. The Labute approximate surface area is 202 Å². The Morgan fingerprint density at radius 3 is 2.49 bits per heavy atom. The van der Waals surface area contributed by atoms with Gasteiger partial charge in [0, 0.05) is 24.7 Å². The van der Waals surface area contributed by atoms with Gasteiger partial charge in [0.05, 0.1) is 11.1 Å². The molecule has 2 aliphatic rings. The maximum absolute atomic E-state index is 13.5. The average Bonchev–Trinajstić information content (AvgIpc) is 3.19. The number of carbonyl (C=O) groups excluding carboxylic acids is 2. The Bertz CT molecular complexity index is 950. The minimum absolute atomic E-state index is 0.0265. The van der Waals surface area contributed by atoms with E-state index < -0.39 is 60.9 Å². The maximum atomic E-state index is 13.5. The molecule has 1 saturated heterocycles. The van der Waals surface area contributed by atoms with E-state index in [-0.39, 0.29) is 49.4 Å². The van der Waals surface area contributed by atoms with Crippen LogP contribution in [0.25, 0.3) is 0 Å². The number of rotatable bonds is 7. The minimum atomic E-state index is -4.76. The van der Waals surface area contributed by atoms with E-state index in [1.165, 1.54) is 12.1 Å². The molecule has 0 aromatic heterocycles. The first-order chi connectivity index (χ1) is 16.4. The largest absolute Gasteiger partial charge is 0.522 e. The first-order valence-electron chi connectivity index (χ1n) is 10.8. The number of carbonyl (C=O) groups is 3. The molecule has 1 saturated carbocycles. The van der Waals surface area contributed by atoms with E-state index in [0.29, 0.717) is 0 Å². The second kappa shape index (κ2) is 11.3. The standard InChI is InChI=1S/C21H24ClF4N3O6/c22-15-5-4-13(8-16(15)23)34-10-18(30)27-12-2-6-17(29(9-12)20(32)33)19(31)28-11-1-3-14(7-11)35-21(24,25)26/h4-5,8,11-12,14,17H,1-3,6-7,9-10H2,(H,27,30)(H,28,31)(H,32,33)/t11?,12-,14?,17+/m0/s1. The molecule has 1 heterocycles. The molecular weight excluding hydrogens is 502 g/mol. The summed E-state index contributed by atoms with van der Waals surface area (Å²) in [6.45, 7) is -0.614. The molecule has 3 amide bonds. The highest BCUT2D eigenvalue weighted by Gasteiger charge is 2.40. The molecular formula is C21H24ClF4N3O6. The van der Waals surface area contributed by atoms with Crippen LogP contribution in [0, 0.1) is 5.82 Å². The third kappa shape index (κ3) is 7.85. The summed E-state index contributed by atoms with van der Waals surface area (Å²) in [6.07, 6.45) is -6.44. The second-order valence-electron chi connectivity index (χ2n) is 8.36. The molecule has 0 spiro atoms. The van der Waals surface area contributed by atoms with Crippen LogP contribution in [0.3, 0.4) is 0 Å². The number of nitrogens with zero attached hydrogens (tertiary/aromatic N) is 1. The highest BCUT2D eigenvalue weighted by atomic mass is 35.5. The van der Waals surface area contributed by atoms with E-state index in [2.05, 4.69) is 15.4 Å². The van der Waals surface area contributed by atoms with Crippen LogP contribution in [0.2, 0.25) is 5.02 Å². The monoisotopic (exact) mass is 525 g/mol. The highest BCUT2D eigenvalue weighted by molar-refractivity contribution is 6.30. The van der Waals surface area contributed by atoms with E-state index >= 15 is 0 Å². The van der Waals surface area contributed by atoms with E-state index in [1.807, 2.05) is 0 Å². The number of carboxylic acid groups (broad SMARTS) is 1. The molecule has 4 atom stereocenters. The van der Waals surface area contributed by atoms with Crippen molar-refractivity contribution < 1.29 is 46.5 Å². The molecule has 35 heavy (non-hydrogen) atoms. The lowest BCUT2D eigenvalue weighted by Crippen LogP contribution is -2.59. The summed E-state index contributed by atoms with van der Waals surface area (Å²) in [5, 5.41) is 14.7. The minimum Gasteiger partial charge on any atom is -0.484 e. The summed E-state index contributed by atoms with van der Waals surface area (Å²) < 4.78 is 59.8. The summed E-state index contributed by atoms with van der Waals surface area (Å²) in [6, 6.07) is 1.48. The van der Waals surface area contributed by atoms with Gasteiger partial charge in [-0.25, -0.2) is 9.18 Å². The van der Waals surface area contributed by atoms with Gasteiger partial charge in [-0.3, -0.25) is 19.2 Å². The van der Waals surface area contributed by atoms with Crippen molar-refractivity contribution in [1.82, 2.24) is 15.5 Å². The van der Waals surface area contributed by atoms with E-state index in [0.717, 1.165) is 11.0 Å². The summed E-state index contributed by atoms with van der Waals surface area (Å²) in [5.74, 6) is -1.80. The van der Waals surface area contributed by atoms with Crippen molar-refractivity contribution in [3.05, 3.63) is 29.0 Å². The number of amides is 3. The van der Waals surface area contributed by atoms with Crippen molar-refractivity contribution >= 4 is 29.5 Å². The van der Waals surface area contributed by atoms with Crippen molar-refractivity contribution in [2.24, 2.45) is 0 Å². The number of nitrogens with one attached hydrogen (secondary N) is 2. The number of piperidine rings is 1. The lowest BCUT2D eigenvalue weighted by molar-refractivity contribution is -0.341. The van der Waals surface area contributed by atoms with Crippen LogP contribution >= 0.6 is 11.6 Å². The lowest BCUT2D eigenvalue weighted by Gasteiger charge is -2.37. The normalized spacial score (nSPS) is 24.7. The van der Waals surface area contributed by atoms with Gasteiger partial charge in [0.1, 0.15) is 17.6 Å². The Morgan fingerprint density at radius 1 is 1.11 bits per heavy atom. The lowest BCUT2D eigenvalue weighted by atomic mass is 9.97. The second-order valence-corrected chi connectivity index (χ2v) is 8.77. The van der Waals surface area contributed by atoms with Gasteiger partial charge in [0.2, 0.25) is 5.91 Å². The first-order valence-corrected chi connectivity index (χ1v) is 11.2. The predicted molar refractivity (Wildman–Crippen MR) is 113 cm³/mol. The molecule has 3 rings (SSSR count). The maximum Gasteiger partial charge on any atom is 0.522 e. The molecule has 1 aliphatic heterocycles. The van der Waals surface area contributed by atoms with Gasteiger partial charge in [0.25, 0.3) is 5.91 Å². The molecule has 2 fully saturated rings. The predicted octanol–water partition coefficient (Wildman–Crippen LogP) is 3.06. The molecule has 1 aliphatic carbocycles. The summed E-state index contributed by atoms with van der Waals surface area (Å²) in [7, 11) is 0. The van der Waals surface area contributed by atoms with Crippen LogP contribution in [0.15, 0.2) is 18.2 Å². The third-order valence-corrected chi connectivity index (χ3v) is 6.09. The molecule has 2 unspecified atom stereocenters.